The maximum Gasteiger partial charge on any atom is 0.289 e. The lowest BCUT2D eigenvalue weighted by molar-refractivity contribution is 0.174. The number of carbonyl (C=O) groups is 1. The van der Waals surface area contributed by atoms with Crippen LogP contribution in [0.2, 0.25) is 0 Å². The highest BCUT2D eigenvalue weighted by molar-refractivity contribution is 9.18. The third-order valence-corrected chi connectivity index (χ3v) is 2.76. The van der Waals surface area contributed by atoms with Crippen LogP contribution in [0.4, 0.5) is 4.79 Å². The smallest absolute Gasteiger partial charge is 0.289 e. The monoisotopic (exact) mass is 271 g/mol. The van der Waals surface area contributed by atoms with Crippen LogP contribution in [0.5, 0.6) is 11.5 Å². The van der Waals surface area contributed by atoms with E-state index in [0.717, 1.165) is 17.1 Å². The maximum atomic E-state index is 11.0. The fraction of sp³-hybridized carbons (Fsp3) is 0.300. The van der Waals surface area contributed by atoms with E-state index >= 15 is 0 Å². The summed E-state index contributed by atoms with van der Waals surface area (Å²) in [6.45, 7) is 0.812. The molecule has 1 amide bonds. The van der Waals surface area contributed by atoms with Crippen LogP contribution in [0.15, 0.2) is 18.2 Å². The Labute approximate surface area is 95.9 Å². The van der Waals surface area contributed by atoms with Crippen molar-refractivity contribution in [3.05, 3.63) is 23.8 Å². The molecule has 0 unspecified atom stereocenters. The van der Waals surface area contributed by atoms with Crippen molar-refractivity contribution in [1.29, 1.82) is 0 Å². The summed E-state index contributed by atoms with van der Waals surface area (Å²) >= 11 is 2.89. The topological polar surface area (TPSA) is 38.8 Å². The van der Waals surface area contributed by atoms with Crippen LogP contribution in [-0.2, 0) is 6.54 Å². The molecule has 2 rings (SSSR count). The number of nitrogens with zero attached hydrogens (tertiary/aromatic N) is 1. The fourth-order valence-corrected chi connectivity index (χ4v) is 1.50. The predicted molar refractivity (Wildman–Crippen MR) is 58.4 cm³/mol. The lowest BCUT2D eigenvalue weighted by Crippen LogP contribution is -2.19. The van der Waals surface area contributed by atoms with E-state index in [1.807, 2.05) is 18.2 Å². The molecule has 80 valence electrons. The number of hydrogen-bond acceptors (Lipinski definition) is 3. The third kappa shape index (κ3) is 2.23. The van der Waals surface area contributed by atoms with Gasteiger partial charge in [-0.3, -0.25) is 4.79 Å². The van der Waals surface area contributed by atoms with Gasteiger partial charge in [0.05, 0.1) is 0 Å². The predicted octanol–water partition coefficient (Wildman–Crippen LogP) is 2.36. The lowest BCUT2D eigenvalue weighted by Gasteiger charge is -2.13. The standard InChI is InChI=1S/C10H10BrNO3/c1-12(10(11)13)5-7-2-3-8-9(4-7)15-6-14-8/h2-4H,5-6H2,1H3. The van der Waals surface area contributed by atoms with E-state index in [2.05, 4.69) is 15.9 Å². The van der Waals surface area contributed by atoms with Crippen molar-refractivity contribution in [2.24, 2.45) is 0 Å². The Morgan fingerprint density at radius 1 is 1.47 bits per heavy atom. The van der Waals surface area contributed by atoms with Crippen LogP contribution in [0.1, 0.15) is 5.56 Å². The zero-order valence-electron chi connectivity index (χ0n) is 8.20. The van der Waals surface area contributed by atoms with Gasteiger partial charge in [0, 0.05) is 29.5 Å². The van der Waals surface area contributed by atoms with Gasteiger partial charge in [0.15, 0.2) is 11.5 Å². The van der Waals surface area contributed by atoms with E-state index in [0.29, 0.717) is 6.54 Å². The summed E-state index contributed by atoms with van der Waals surface area (Å²) in [7, 11) is 1.72. The van der Waals surface area contributed by atoms with Crippen LogP contribution >= 0.6 is 15.9 Å². The van der Waals surface area contributed by atoms with Crippen molar-refractivity contribution in [2.75, 3.05) is 13.8 Å². The first-order valence-corrected chi connectivity index (χ1v) is 5.25. The molecule has 0 bridgehead atoms. The lowest BCUT2D eigenvalue weighted by atomic mass is 10.2. The Hall–Kier alpha value is -1.23. The largest absolute Gasteiger partial charge is 0.454 e. The maximum absolute atomic E-state index is 11.0. The zero-order valence-corrected chi connectivity index (χ0v) is 9.78. The molecule has 15 heavy (non-hydrogen) atoms. The number of rotatable bonds is 2. The molecule has 0 spiro atoms. The van der Waals surface area contributed by atoms with Gasteiger partial charge in [-0.15, -0.1) is 0 Å². The average Bonchev–Trinajstić information content (AvgIpc) is 2.64. The molecule has 0 atom stereocenters. The van der Waals surface area contributed by atoms with E-state index in [1.165, 1.54) is 0 Å². The second kappa shape index (κ2) is 4.10. The highest BCUT2D eigenvalue weighted by atomic mass is 79.9. The van der Waals surface area contributed by atoms with Gasteiger partial charge in [0.1, 0.15) is 0 Å². The summed E-state index contributed by atoms with van der Waals surface area (Å²) < 4.78 is 10.4. The summed E-state index contributed by atoms with van der Waals surface area (Å²) in [5.74, 6) is 1.49. The molecule has 0 aliphatic carbocycles. The molecule has 0 aromatic heterocycles. The van der Waals surface area contributed by atoms with Gasteiger partial charge in [-0.2, -0.15) is 0 Å². The first-order chi connectivity index (χ1) is 7.16. The van der Waals surface area contributed by atoms with Crippen molar-refractivity contribution < 1.29 is 14.3 Å². The van der Waals surface area contributed by atoms with Gasteiger partial charge in [0.25, 0.3) is 4.82 Å². The Kier molecular flexibility index (Phi) is 2.81. The molecular formula is C10H10BrNO3. The quantitative estimate of drug-likeness (QED) is 0.612. The Morgan fingerprint density at radius 3 is 2.93 bits per heavy atom. The van der Waals surface area contributed by atoms with Crippen LogP contribution in [0.25, 0.3) is 0 Å². The Morgan fingerprint density at radius 2 is 2.20 bits per heavy atom. The molecule has 0 saturated heterocycles. The first kappa shape index (κ1) is 10.3. The molecule has 0 radical (unpaired) electrons. The highest BCUT2D eigenvalue weighted by Crippen LogP contribution is 2.32. The van der Waals surface area contributed by atoms with Crippen molar-refractivity contribution in [3.63, 3.8) is 0 Å². The summed E-state index contributed by atoms with van der Waals surface area (Å²) in [5, 5.41) is 0. The molecule has 1 aliphatic rings. The zero-order chi connectivity index (χ0) is 10.8. The average molecular weight is 272 g/mol. The van der Waals surface area contributed by atoms with E-state index < -0.39 is 0 Å². The fourth-order valence-electron chi connectivity index (χ4n) is 1.38. The van der Waals surface area contributed by atoms with Crippen molar-refractivity contribution in [2.45, 2.75) is 6.54 Å². The van der Waals surface area contributed by atoms with Gasteiger partial charge in [-0.05, 0) is 17.7 Å². The molecule has 5 heteroatoms. The number of hydrogen-bond donors (Lipinski definition) is 0. The Balaban J connectivity index is 2.13. The van der Waals surface area contributed by atoms with Gasteiger partial charge >= 0.3 is 0 Å². The summed E-state index contributed by atoms with van der Waals surface area (Å²) in [4.78, 5) is 12.4. The van der Waals surface area contributed by atoms with Crippen LogP contribution in [0, 0.1) is 0 Å². The van der Waals surface area contributed by atoms with Crippen LogP contribution < -0.4 is 9.47 Å². The molecule has 0 fully saturated rings. The van der Waals surface area contributed by atoms with Crippen LogP contribution in [0.3, 0.4) is 0 Å². The molecule has 1 aliphatic heterocycles. The molecule has 4 nitrogen and oxygen atoms in total. The molecule has 0 saturated carbocycles. The number of carbonyl (C=O) groups excluding carboxylic acids is 1. The molecule has 1 heterocycles. The van der Waals surface area contributed by atoms with Crippen molar-refractivity contribution in [3.8, 4) is 11.5 Å². The molecule has 0 N–H and O–H groups in total. The Bertz CT molecular complexity index is 394. The second-order valence-corrected chi connectivity index (χ2v) is 3.98. The minimum absolute atomic E-state index is 0.139. The van der Waals surface area contributed by atoms with Gasteiger partial charge in [-0.1, -0.05) is 6.07 Å². The second-order valence-electron chi connectivity index (χ2n) is 3.30. The normalized spacial score (nSPS) is 12.7. The molecular weight excluding hydrogens is 262 g/mol. The van der Waals surface area contributed by atoms with E-state index in [4.69, 9.17) is 9.47 Å². The number of halogens is 1. The van der Waals surface area contributed by atoms with Crippen molar-refractivity contribution >= 4 is 20.7 Å². The summed E-state index contributed by atoms with van der Waals surface area (Å²) in [6.07, 6.45) is 0. The van der Waals surface area contributed by atoms with Gasteiger partial charge < -0.3 is 14.4 Å². The van der Waals surface area contributed by atoms with Crippen LogP contribution in [-0.4, -0.2) is 23.6 Å². The van der Waals surface area contributed by atoms with Crippen molar-refractivity contribution in [1.82, 2.24) is 4.90 Å². The molecule has 1 aromatic carbocycles. The van der Waals surface area contributed by atoms with E-state index in [1.54, 1.807) is 11.9 Å². The molecule has 1 aromatic rings. The van der Waals surface area contributed by atoms with E-state index in [-0.39, 0.29) is 11.6 Å². The number of benzene rings is 1. The van der Waals surface area contributed by atoms with E-state index in [9.17, 15) is 4.79 Å². The number of fused-ring (bicyclic) bond motifs is 1. The minimum Gasteiger partial charge on any atom is -0.454 e. The first-order valence-electron chi connectivity index (χ1n) is 4.46. The highest BCUT2D eigenvalue weighted by Gasteiger charge is 2.14. The van der Waals surface area contributed by atoms with Gasteiger partial charge in [-0.25, -0.2) is 0 Å². The summed E-state index contributed by atoms with van der Waals surface area (Å²) in [6, 6.07) is 5.65. The number of ether oxygens (including phenoxy) is 2. The third-order valence-electron chi connectivity index (χ3n) is 2.16. The van der Waals surface area contributed by atoms with Gasteiger partial charge in [0.2, 0.25) is 6.79 Å². The summed E-state index contributed by atoms with van der Waals surface area (Å²) in [5.41, 5.74) is 1.01. The SMILES string of the molecule is CN(Cc1ccc2c(c1)OCO2)C(=O)Br. The number of amides is 1. The minimum atomic E-state index is -0.139.